The van der Waals surface area contributed by atoms with E-state index in [1.165, 1.54) is 0 Å². The van der Waals surface area contributed by atoms with E-state index in [1.54, 1.807) is 36.4 Å². The number of imide groups is 1. The summed E-state index contributed by atoms with van der Waals surface area (Å²) < 4.78 is 5.68. The highest BCUT2D eigenvalue weighted by Gasteiger charge is 2.40. The lowest BCUT2D eigenvalue weighted by Crippen LogP contribution is -2.31. The highest BCUT2D eigenvalue weighted by Crippen LogP contribution is 2.38. The van der Waals surface area contributed by atoms with Crippen LogP contribution in [-0.4, -0.2) is 18.4 Å². The molecule has 4 nitrogen and oxygen atoms in total. The van der Waals surface area contributed by atoms with Crippen molar-refractivity contribution in [3.05, 3.63) is 64.7 Å². The van der Waals surface area contributed by atoms with E-state index in [0.29, 0.717) is 23.6 Å². The van der Waals surface area contributed by atoms with Crippen molar-refractivity contribution in [1.82, 2.24) is 0 Å². The number of anilines is 1. The van der Waals surface area contributed by atoms with Crippen LogP contribution in [-0.2, 0) is 9.59 Å². The van der Waals surface area contributed by atoms with Crippen molar-refractivity contribution < 1.29 is 14.3 Å². The molecule has 0 atom stereocenters. The molecule has 0 spiro atoms. The quantitative estimate of drug-likeness (QED) is 0.751. The molecular weight excluding hydrogens is 338 g/mol. The summed E-state index contributed by atoms with van der Waals surface area (Å²) in [6.07, 6.45) is 0.823. The molecule has 0 unspecified atom stereocenters. The van der Waals surface area contributed by atoms with Crippen LogP contribution in [0.25, 0.3) is 5.57 Å². The van der Waals surface area contributed by atoms with Crippen LogP contribution in [0.3, 0.4) is 0 Å². The highest BCUT2D eigenvalue weighted by atomic mass is 35.5. The van der Waals surface area contributed by atoms with Gasteiger partial charge in [-0.2, -0.15) is 0 Å². The van der Waals surface area contributed by atoms with Gasteiger partial charge in [0.25, 0.3) is 11.8 Å². The minimum absolute atomic E-state index is 0.0702. The molecule has 128 valence electrons. The summed E-state index contributed by atoms with van der Waals surface area (Å²) in [7, 11) is 0. The second-order valence-corrected chi connectivity index (χ2v) is 6.19. The topological polar surface area (TPSA) is 46.6 Å². The zero-order valence-electron chi connectivity index (χ0n) is 14.1. The number of carbonyl (C=O) groups is 2. The predicted molar refractivity (Wildman–Crippen MR) is 98.7 cm³/mol. The lowest BCUT2D eigenvalue weighted by atomic mass is 10.0. The van der Waals surface area contributed by atoms with E-state index in [0.717, 1.165) is 16.9 Å². The van der Waals surface area contributed by atoms with Crippen molar-refractivity contribution >= 4 is 34.7 Å². The zero-order valence-corrected chi connectivity index (χ0v) is 14.8. The molecule has 0 saturated carbocycles. The number of amides is 2. The van der Waals surface area contributed by atoms with Gasteiger partial charge in [-0.1, -0.05) is 60.5 Å². The first-order valence-corrected chi connectivity index (χ1v) is 8.49. The monoisotopic (exact) mass is 355 g/mol. The van der Waals surface area contributed by atoms with Crippen LogP contribution in [0.1, 0.15) is 24.5 Å². The molecule has 3 rings (SSSR count). The van der Waals surface area contributed by atoms with Crippen LogP contribution in [0.2, 0.25) is 0 Å². The molecule has 0 radical (unpaired) electrons. The van der Waals surface area contributed by atoms with Crippen LogP contribution >= 0.6 is 11.6 Å². The fourth-order valence-corrected chi connectivity index (χ4v) is 2.94. The number of nitrogens with zero attached hydrogens (tertiary/aromatic N) is 1. The first-order chi connectivity index (χ1) is 12.0. The lowest BCUT2D eigenvalue weighted by molar-refractivity contribution is -0.119. The van der Waals surface area contributed by atoms with Gasteiger partial charge in [-0.05, 0) is 31.0 Å². The van der Waals surface area contributed by atoms with E-state index >= 15 is 0 Å². The first-order valence-electron chi connectivity index (χ1n) is 8.12. The molecule has 5 heteroatoms. The molecule has 0 saturated heterocycles. The van der Waals surface area contributed by atoms with Gasteiger partial charge in [0.05, 0.1) is 17.9 Å². The van der Waals surface area contributed by atoms with Crippen LogP contribution in [0, 0.1) is 6.92 Å². The molecule has 1 aliphatic heterocycles. The average Bonchev–Trinajstić information content (AvgIpc) is 2.84. The van der Waals surface area contributed by atoms with Crippen LogP contribution < -0.4 is 9.64 Å². The maximum Gasteiger partial charge on any atom is 0.277 e. The van der Waals surface area contributed by atoms with Crippen LogP contribution in [0.5, 0.6) is 5.75 Å². The van der Waals surface area contributed by atoms with Gasteiger partial charge in [0.2, 0.25) is 0 Å². The van der Waals surface area contributed by atoms with Gasteiger partial charge in [-0.3, -0.25) is 9.59 Å². The molecule has 2 aromatic carbocycles. The van der Waals surface area contributed by atoms with E-state index in [9.17, 15) is 9.59 Å². The number of hydrogen-bond donors (Lipinski definition) is 0. The van der Waals surface area contributed by atoms with Crippen LogP contribution in [0.4, 0.5) is 5.69 Å². The van der Waals surface area contributed by atoms with Crippen molar-refractivity contribution in [2.75, 3.05) is 11.5 Å². The number of hydrogen-bond acceptors (Lipinski definition) is 3. The third-order valence-corrected chi connectivity index (χ3v) is 4.29. The van der Waals surface area contributed by atoms with Crippen molar-refractivity contribution in [3.63, 3.8) is 0 Å². The maximum absolute atomic E-state index is 12.9. The summed E-state index contributed by atoms with van der Waals surface area (Å²) in [4.78, 5) is 26.7. The van der Waals surface area contributed by atoms with Gasteiger partial charge in [-0.15, -0.1) is 0 Å². The number of carbonyl (C=O) groups excluding carboxylic acids is 2. The predicted octanol–water partition coefficient (Wildman–Crippen LogP) is 4.31. The minimum atomic E-state index is -0.533. The Morgan fingerprint density at radius 3 is 2.36 bits per heavy atom. The standard InChI is InChI=1S/C20H18ClNO3/c1-3-12-25-16-7-5-4-6-15(16)22-19(23)17(18(21)20(22)24)14-10-8-13(2)9-11-14/h4-11H,3,12H2,1-2H3. The van der Waals surface area contributed by atoms with Gasteiger partial charge in [0.1, 0.15) is 10.8 Å². The molecule has 0 aliphatic carbocycles. The average molecular weight is 356 g/mol. The first kappa shape index (κ1) is 17.2. The minimum Gasteiger partial charge on any atom is -0.491 e. The fraction of sp³-hybridized carbons (Fsp3) is 0.200. The number of para-hydroxylation sites is 2. The Balaban J connectivity index is 2.01. The number of aryl methyl sites for hydroxylation is 1. The molecule has 25 heavy (non-hydrogen) atoms. The summed E-state index contributed by atoms with van der Waals surface area (Å²) >= 11 is 6.23. The summed E-state index contributed by atoms with van der Waals surface area (Å²) in [5, 5.41) is -0.0702. The molecular formula is C20H18ClNO3. The van der Waals surface area contributed by atoms with Gasteiger partial charge in [0.15, 0.2) is 0 Å². The van der Waals surface area contributed by atoms with E-state index in [-0.39, 0.29) is 10.6 Å². The van der Waals surface area contributed by atoms with E-state index in [4.69, 9.17) is 16.3 Å². The van der Waals surface area contributed by atoms with E-state index in [2.05, 4.69) is 0 Å². The summed E-state index contributed by atoms with van der Waals surface area (Å²) in [5.74, 6) is -0.484. The molecule has 2 aromatic rings. The fourth-order valence-electron chi connectivity index (χ4n) is 2.67. The third kappa shape index (κ3) is 3.17. The Hall–Kier alpha value is -2.59. The summed E-state index contributed by atoms with van der Waals surface area (Å²) in [6, 6.07) is 14.3. The second-order valence-electron chi connectivity index (χ2n) is 5.82. The summed E-state index contributed by atoms with van der Waals surface area (Å²) in [6.45, 7) is 4.44. The molecule has 0 fully saturated rings. The summed E-state index contributed by atoms with van der Waals surface area (Å²) in [5.41, 5.74) is 2.32. The Bertz CT molecular complexity index is 855. The Morgan fingerprint density at radius 1 is 1.00 bits per heavy atom. The smallest absolute Gasteiger partial charge is 0.277 e. The lowest BCUT2D eigenvalue weighted by Gasteiger charge is -2.18. The Morgan fingerprint density at radius 2 is 1.68 bits per heavy atom. The molecule has 1 aliphatic rings. The number of rotatable bonds is 5. The van der Waals surface area contributed by atoms with Crippen molar-refractivity contribution in [2.45, 2.75) is 20.3 Å². The SMILES string of the molecule is CCCOc1ccccc1N1C(=O)C(Cl)=C(c2ccc(C)cc2)C1=O. The molecule has 1 heterocycles. The largest absolute Gasteiger partial charge is 0.491 e. The highest BCUT2D eigenvalue weighted by molar-refractivity contribution is 6.60. The number of halogens is 1. The van der Waals surface area contributed by atoms with Gasteiger partial charge < -0.3 is 4.74 Å². The van der Waals surface area contributed by atoms with E-state index in [1.807, 2.05) is 26.0 Å². The van der Waals surface area contributed by atoms with Gasteiger partial charge in [0, 0.05) is 0 Å². The van der Waals surface area contributed by atoms with Crippen molar-refractivity contribution in [1.29, 1.82) is 0 Å². The zero-order chi connectivity index (χ0) is 18.0. The molecule has 0 N–H and O–H groups in total. The second kappa shape index (κ2) is 7.11. The number of ether oxygens (including phenoxy) is 1. The van der Waals surface area contributed by atoms with Crippen molar-refractivity contribution in [3.8, 4) is 5.75 Å². The van der Waals surface area contributed by atoms with Crippen molar-refractivity contribution in [2.24, 2.45) is 0 Å². The molecule has 2 amide bonds. The Labute approximate surface area is 151 Å². The molecule has 0 aromatic heterocycles. The number of benzene rings is 2. The molecule has 0 bridgehead atoms. The van der Waals surface area contributed by atoms with Gasteiger partial charge >= 0.3 is 0 Å². The van der Waals surface area contributed by atoms with Crippen LogP contribution in [0.15, 0.2) is 53.6 Å². The maximum atomic E-state index is 12.9. The van der Waals surface area contributed by atoms with E-state index < -0.39 is 11.8 Å². The third-order valence-electron chi connectivity index (χ3n) is 3.94. The van der Waals surface area contributed by atoms with Gasteiger partial charge in [-0.25, -0.2) is 4.90 Å². The Kier molecular flexibility index (Phi) is 4.91. The normalized spacial score (nSPS) is 14.4.